The quantitative estimate of drug-likeness (QED) is 0.396. The monoisotopic (exact) mass is 438 g/mol. The number of thiazole rings is 1. The highest BCUT2D eigenvalue weighted by Gasteiger charge is 2.19. The predicted octanol–water partition coefficient (Wildman–Crippen LogP) is 5.61. The van der Waals surface area contributed by atoms with E-state index in [1.54, 1.807) is 22.4 Å². The van der Waals surface area contributed by atoms with Gasteiger partial charge in [0, 0.05) is 45.8 Å². The molecule has 30 heavy (non-hydrogen) atoms. The first-order valence-electron chi connectivity index (χ1n) is 9.23. The van der Waals surface area contributed by atoms with Gasteiger partial charge in [0.05, 0.1) is 12.2 Å². The zero-order valence-electron chi connectivity index (χ0n) is 15.9. The minimum atomic E-state index is -0.284. The zero-order chi connectivity index (χ0) is 20.8. The summed E-state index contributed by atoms with van der Waals surface area (Å²) in [5, 5.41) is 3.23. The fourth-order valence-electron chi connectivity index (χ4n) is 3.50. The maximum atomic E-state index is 13.4. The van der Waals surface area contributed by atoms with Crippen LogP contribution in [0.4, 0.5) is 4.39 Å². The Kier molecular flexibility index (Phi) is 4.56. The number of carbonyl (C=O) groups excluding carboxylic acids is 1. The molecule has 0 fully saturated rings. The lowest BCUT2D eigenvalue weighted by Gasteiger charge is -2.15. The van der Waals surface area contributed by atoms with Gasteiger partial charge in [0.15, 0.2) is 4.96 Å². The first-order chi connectivity index (χ1) is 14.5. The molecule has 0 radical (unpaired) electrons. The van der Waals surface area contributed by atoms with Crippen molar-refractivity contribution < 1.29 is 9.18 Å². The van der Waals surface area contributed by atoms with Crippen LogP contribution in [0.3, 0.4) is 0 Å². The Hall–Kier alpha value is -3.16. The number of benzene rings is 2. The molecule has 5 aromatic rings. The van der Waals surface area contributed by atoms with E-state index in [2.05, 4.69) is 9.97 Å². The number of nitrogens with one attached hydrogen (secondary N) is 1. The smallest absolute Gasteiger partial charge is 0.271 e. The number of imidazole rings is 1. The van der Waals surface area contributed by atoms with Crippen LogP contribution in [0.5, 0.6) is 0 Å². The molecule has 0 aliphatic rings. The molecule has 5 nitrogen and oxygen atoms in total. The summed E-state index contributed by atoms with van der Waals surface area (Å²) < 4.78 is 15.2. The second-order valence-electron chi connectivity index (χ2n) is 7.10. The third-order valence-electron chi connectivity index (χ3n) is 4.94. The minimum Gasteiger partial charge on any atom is -0.357 e. The van der Waals surface area contributed by atoms with Crippen LogP contribution in [0, 0.1) is 5.82 Å². The number of nitrogens with zero attached hydrogens (tertiary/aromatic N) is 3. The van der Waals surface area contributed by atoms with Gasteiger partial charge in [-0.1, -0.05) is 23.7 Å². The average molecular weight is 439 g/mol. The van der Waals surface area contributed by atoms with Crippen LogP contribution in [-0.2, 0) is 6.54 Å². The summed E-state index contributed by atoms with van der Waals surface area (Å²) in [7, 11) is 1.74. The number of carbonyl (C=O) groups is 1. The van der Waals surface area contributed by atoms with E-state index in [1.807, 2.05) is 41.9 Å². The van der Waals surface area contributed by atoms with Crippen molar-refractivity contribution in [3.63, 3.8) is 0 Å². The first kappa shape index (κ1) is 18.8. The Balaban J connectivity index is 1.42. The van der Waals surface area contributed by atoms with Gasteiger partial charge in [-0.25, -0.2) is 9.37 Å². The normalized spacial score (nSPS) is 11.4. The number of aromatic amines is 1. The van der Waals surface area contributed by atoms with Gasteiger partial charge in [0.1, 0.15) is 11.5 Å². The number of aromatic nitrogens is 3. The maximum absolute atomic E-state index is 13.4. The van der Waals surface area contributed by atoms with E-state index in [9.17, 15) is 9.18 Å². The van der Waals surface area contributed by atoms with Gasteiger partial charge in [-0.2, -0.15) is 0 Å². The Morgan fingerprint density at radius 3 is 2.97 bits per heavy atom. The number of rotatable bonds is 4. The number of hydrogen-bond donors (Lipinski definition) is 1. The van der Waals surface area contributed by atoms with Gasteiger partial charge in [-0.3, -0.25) is 9.20 Å². The Morgan fingerprint density at radius 2 is 2.13 bits per heavy atom. The van der Waals surface area contributed by atoms with Gasteiger partial charge in [-0.05, 0) is 36.4 Å². The zero-order valence-corrected chi connectivity index (χ0v) is 17.5. The molecule has 0 spiro atoms. The van der Waals surface area contributed by atoms with E-state index in [1.165, 1.54) is 23.5 Å². The van der Waals surface area contributed by atoms with Crippen LogP contribution < -0.4 is 0 Å². The summed E-state index contributed by atoms with van der Waals surface area (Å²) in [5.41, 5.74) is 3.88. The Morgan fingerprint density at radius 1 is 1.27 bits per heavy atom. The molecule has 0 saturated heterocycles. The average Bonchev–Trinajstić information content (AvgIpc) is 3.40. The van der Waals surface area contributed by atoms with E-state index in [0.29, 0.717) is 17.3 Å². The summed E-state index contributed by atoms with van der Waals surface area (Å²) in [6.07, 6.45) is 1.85. The number of H-pyrrole nitrogens is 1. The minimum absolute atomic E-state index is 0.124. The number of halogens is 2. The molecule has 1 amide bonds. The van der Waals surface area contributed by atoms with Crippen LogP contribution in [0.1, 0.15) is 16.2 Å². The standard InChI is InChI=1S/C22H16ClFN4OS/c1-27(10-17-9-14-8-16(24)5-6-18(14)25-17)21(29)20-12-30-22-26-19(11-28(20)22)13-3-2-4-15(23)7-13/h2-9,11-12,25H,10H2,1H3. The molecule has 150 valence electrons. The molecule has 0 unspecified atom stereocenters. The molecule has 1 N–H and O–H groups in total. The van der Waals surface area contributed by atoms with E-state index < -0.39 is 0 Å². The van der Waals surface area contributed by atoms with Crippen molar-refractivity contribution in [2.45, 2.75) is 6.54 Å². The lowest BCUT2D eigenvalue weighted by atomic mass is 10.2. The highest BCUT2D eigenvalue weighted by atomic mass is 35.5. The second kappa shape index (κ2) is 7.27. The van der Waals surface area contributed by atoms with Crippen molar-refractivity contribution in [3.8, 4) is 11.3 Å². The molecule has 0 saturated carbocycles. The molecule has 0 aliphatic heterocycles. The lowest BCUT2D eigenvalue weighted by Crippen LogP contribution is -2.27. The predicted molar refractivity (Wildman–Crippen MR) is 118 cm³/mol. The van der Waals surface area contributed by atoms with Crippen LogP contribution in [0.15, 0.2) is 60.1 Å². The molecule has 8 heteroatoms. The molecule has 0 aliphatic carbocycles. The summed E-state index contributed by atoms with van der Waals surface area (Å²) in [6.45, 7) is 0.377. The third-order valence-corrected chi connectivity index (χ3v) is 6.02. The van der Waals surface area contributed by atoms with Crippen molar-refractivity contribution in [3.05, 3.63) is 82.3 Å². The van der Waals surface area contributed by atoms with Crippen molar-refractivity contribution in [1.82, 2.24) is 19.3 Å². The molecule has 3 heterocycles. The second-order valence-corrected chi connectivity index (χ2v) is 8.37. The Bertz CT molecular complexity index is 1400. The summed E-state index contributed by atoms with van der Waals surface area (Å²) >= 11 is 7.50. The molecule has 3 aromatic heterocycles. The van der Waals surface area contributed by atoms with Crippen molar-refractivity contribution in [2.24, 2.45) is 0 Å². The van der Waals surface area contributed by atoms with Crippen LogP contribution in [-0.4, -0.2) is 32.2 Å². The van der Waals surface area contributed by atoms with Crippen molar-refractivity contribution in [1.29, 1.82) is 0 Å². The molecule has 0 bridgehead atoms. The molecular formula is C22H16ClFN4OS. The van der Waals surface area contributed by atoms with Crippen molar-refractivity contribution >= 4 is 44.7 Å². The molecular weight excluding hydrogens is 423 g/mol. The van der Waals surface area contributed by atoms with E-state index in [0.717, 1.165) is 32.8 Å². The fraction of sp³-hybridized carbons (Fsp3) is 0.0909. The number of fused-ring (bicyclic) bond motifs is 2. The molecule has 0 atom stereocenters. The van der Waals surface area contributed by atoms with Gasteiger partial charge >= 0.3 is 0 Å². The van der Waals surface area contributed by atoms with E-state index in [-0.39, 0.29) is 11.7 Å². The molecule has 5 rings (SSSR count). The van der Waals surface area contributed by atoms with E-state index in [4.69, 9.17) is 11.6 Å². The molecule has 2 aromatic carbocycles. The van der Waals surface area contributed by atoms with Gasteiger partial charge in [0.25, 0.3) is 5.91 Å². The summed E-state index contributed by atoms with van der Waals surface area (Å²) in [5.74, 6) is -0.408. The van der Waals surface area contributed by atoms with Crippen LogP contribution in [0.25, 0.3) is 27.1 Å². The van der Waals surface area contributed by atoms with Gasteiger partial charge in [0.2, 0.25) is 0 Å². The summed E-state index contributed by atoms with van der Waals surface area (Å²) in [6, 6.07) is 13.9. The van der Waals surface area contributed by atoms with Gasteiger partial charge < -0.3 is 9.88 Å². The van der Waals surface area contributed by atoms with Gasteiger partial charge in [-0.15, -0.1) is 11.3 Å². The van der Waals surface area contributed by atoms with Crippen LogP contribution in [0.2, 0.25) is 5.02 Å². The SMILES string of the molecule is CN(Cc1cc2cc(F)ccc2[nH]1)C(=O)c1csc2nc(-c3cccc(Cl)c3)cn12. The fourth-order valence-corrected chi connectivity index (χ4v) is 4.53. The maximum Gasteiger partial charge on any atom is 0.271 e. The number of hydrogen-bond acceptors (Lipinski definition) is 3. The highest BCUT2D eigenvalue weighted by molar-refractivity contribution is 7.15. The first-order valence-corrected chi connectivity index (χ1v) is 10.5. The van der Waals surface area contributed by atoms with Crippen LogP contribution >= 0.6 is 22.9 Å². The van der Waals surface area contributed by atoms with Crippen molar-refractivity contribution in [2.75, 3.05) is 7.05 Å². The summed E-state index contributed by atoms with van der Waals surface area (Å²) in [4.78, 5) is 23.3. The third kappa shape index (κ3) is 3.36. The highest BCUT2D eigenvalue weighted by Crippen LogP contribution is 2.26. The van der Waals surface area contributed by atoms with E-state index >= 15 is 0 Å². The largest absolute Gasteiger partial charge is 0.357 e. The Labute approximate surface area is 180 Å². The topological polar surface area (TPSA) is 53.4 Å². The number of amides is 1. The lowest BCUT2D eigenvalue weighted by molar-refractivity contribution is 0.0777.